The molecule has 10 heavy (non-hydrogen) atoms. The van der Waals surface area contributed by atoms with Crippen molar-refractivity contribution < 1.29 is 0 Å². The number of nitrogens with two attached hydrogens (primary N) is 1. The van der Waals surface area contributed by atoms with Crippen LogP contribution in [0.3, 0.4) is 0 Å². The molecule has 4 heteroatoms. The third-order valence-electron chi connectivity index (χ3n) is 2.02. The van der Waals surface area contributed by atoms with Gasteiger partial charge in [-0.1, -0.05) is 0 Å². The fourth-order valence-electron chi connectivity index (χ4n) is 1.10. The molecule has 0 saturated carbocycles. The summed E-state index contributed by atoms with van der Waals surface area (Å²) in [5.74, 6) is 0.584. The highest BCUT2D eigenvalue weighted by Crippen LogP contribution is 2.43. The zero-order valence-electron chi connectivity index (χ0n) is 5.98. The third-order valence-corrected chi connectivity index (χ3v) is 3.26. The molecule has 0 amide bonds. The van der Waals surface area contributed by atoms with Gasteiger partial charge in [-0.3, -0.25) is 4.90 Å². The maximum Gasteiger partial charge on any atom is 0.105 e. The van der Waals surface area contributed by atoms with E-state index < -0.39 is 0 Å². The van der Waals surface area contributed by atoms with Gasteiger partial charge in [0.25, 0.3) is 0 Å². The second-order valence-corrected chi connectivity index (χ2v) is 3.49. The largest absolute Gasteiger partial charge is 0.329 e. The number of hydrogen-bond donors (Lipinski definition) is 1. The van der Waals surface area contributed by atoms with Crippen LogP contribution in [0.5, 0.6) is 0 Å². The van der Waals surface area contributed by atoms with Gasteiger partial charge in [0.2, 0.25) is 0 Å². The molecule has 0 spiro atoms. The summed E-state index contributed by atoms with van der Waals surface area (Å²) in [7, 11) is 0. The van der Waals surface area contributed by atoms with E-state index in [1.807, 2.05) is 6.92 Å². The lowest BCUT2D eigenvalue weighted by Crippen LogP contribution is -2.21. The SMILES string of the molecule is C[C@]1(CCl)C(Cl)N1CCN. The topological polar surface area (TPSA) is 29.0 Å². The van der Waals surface area contributed by atoms with Gasteiger partial charge < -0.3 is 5.73 Å². The summed E-state index contributed by atoms with van der Waals surface area (Å²) < 4.78 is 0. The number of alkyl halides is 2. The van der Waals surface area contributed by atoms with Crippen LogP contribution in [0.25, 0.3) is 0 Å². The molecule has 1 aliphatic rings. The molecule has 0 aromatic carbocycles. The van der Waals surface area contributed by atoms with Gasteiger partial charge in [0.15, 0.2) is 0 Å². The third kappa shape index (κ3) is 1.14. The van der Waals surface area contributed by atoms with Gasteiger partial charge in [-0.2, -0.15) is 0 Å². The quantitative estimate of drug-likeness (QED) is 0.398. The first kappa shape index (κ1) is 8.60. The summed E-state index contributed by atoms with van der Waals surface area (Å²) in [4.78, 5) is 2.10. The molecule has 1 heterocycles. The predicted octanol–water partition coefficient (Wildman–Crippen LogP) is 0.823. The molecule has 1 aliphatic heterocycles. The maximum atomic E-state index is 5.92. The van der Waals surface area contributed by atoms with Crippen molar-refractivity contribution in [2.24, 2.45) is 5.73 Å². The molecule has 0 aromatic heterocycles. The molecule has 2 nitrogen and oxygen atoms in total. The molecule has 1 fully saturated rings. The van der Waals surface area contributed by atoms with E-state index in [4.69, 9.17) is 28.9 Å². The van der Waals surface area contributed by atoms with E-state index in [1.54, 1.807) is 0 Å². The molecule has 1 rings (SSSR count). The van der Waals surface area contributed by atoms with Crippen LogP contribution in [0, 0.1) is 0 Å². The predicted molar refractivity (Wildman–Crippen MR) is 44.5 cm³/mol. The van der Waals surface area contributed by atoms with Crippen LogP contribution in [0.4, 0.5) is 0 Å². The van der Waals surface area contributed by atoms with Crippen LogP contribution in [-0.2, 0) is 0 Å². The molecule has 0 aromatic rings. The first-order valence-corrected chi connectivity index (χ1v) is 4.30. The Morgan fingerprint density at radius 2 is 2.30 bits per heavy atom. The Morgan fingerprint density at radius 3 is 2.60 bits per heavy atom. The van der Waals surface area contributed by atoms with Gasteiger partial charge in [0.1, 0.15) is 5.50 Å². The Bertz CT molecular complexity index is 131. The van der Waals surface area contributed by atoms with Crippen LogP contribution in [0.1, 0.15) is 6.92 Å². The lowest BCUT2D eigenvalue weighted by Gasteiger charge is -2.04. The summed E-state index contributed by atoms with van der Waals surface area (Å²) in [6.45, 7) is 3.54. The second-order valence-electron chi connectivity index (χ2n) is 2.81. The molecule has 3 atom stereocenters. The van der Waals surface area contributed by atoms with Crippen molar-refractivity contribution in [3.05, 3.63) is 0 Å². The van der Waals surface area contributed by atoms with E-state index in [9.17, 15) is 0 Å². The van der Waals surface area contributed by atoms with Gasteiger partial charge >= 0.3 is 0 Å². The molecule has 0 radical (unpaired) electrons. The number of hydrogen-bond acceptors (Lipinski definition) is 2. The van der Waals surface area contributed by atoms with Crippen LogP contribution in [0.2, 0.25) is 0 Å². The van der Waals surface area contributed by atoms with Crippen LogP contribution >= 0.6 is 23.2 Å². The van der Waals surface area contributed by atoms with E-state index in [1.165, 1.54) is 0 Å². The molecule has 1 saturated heterocycles. The minimum absolute atomic E-state index is 0.00246. The molecule has 2 unspecified atom stereocenters. The van der Waals surface area contributed by atoms with Crippen molar-refractivity contribution in [2.75, 3.05) is 19.0 Å². The zero-order chi connectivity index (χ0) is 7.78. The Kier molecular flexibility index (Phi) is 2.46. The average Bonchev–Trinajstić information content (AvgIpc) is 2.43. The van der Waals surface area contributed by atoms with Crippen molar-refractivity contribution in [1.82, 2.24) is 4.90 Å². The molecule has 0 bridgehead atoms. The van der Waals surface area contributed by atoms with E-state index in [2.05, 4.69) is 4.90 Å². The maximum absolute atomic E-state index is 5.92. The van der Waals surface area contributed by atoms with Crippen LogP contribution < -0.4 is 5.73 Å². The zero-order valence-corrected chi connectivity index (χ0v) is 7.49. The van der Waals surface area contributed by atoms with Gasteiger partial charge in [0, 0.05) is 19.0 Å². The highest BCUT2D eigenvalue weighted by molar-refractivity contribution is 6.25. The Balaban J connectivity index is 2.39. The molecular weight excluding hydrogens is 171 g/mol. The Hall–Kier alpha value is 0.500. The fourth-order valence-corrected chi connectivity index (χ4v) is 1.95. The summed E-state index contributed by atoms with van der Waals surface area (Å²) >= 11 is 11.6. The fraction of sp³-hybridized carbons (Fsp3) is 1.00. The summed E-state index contributed by atoms with van der Waals surface area (Å²) in [5, 5.41) is 0. The number of halogens is 2. The number of nitrogens with zero attached hydrogens (tertiary/aromatic N) is 1. The second kappa shape index (κ2) is 2.86. The van der Waals surface area contributed by atoms with Gasteiger partial charge in [-0.05, 0) is 6.92 Å². The summed E-state index contributed by atoms with van der Waals surface area (Å²) in [6.07, 6.45) is 0. The van der Waals surface area contributed by atoms with Crippen molar-refractivity contribution in [3.63, 3.8) is 0 Å². The average molecular weight is 183 g/mol. The first-order chi connectivity index (χ1) is 4.66. The van der Waals surface area contributed by atoms with Gasteiger partial charge in [-0.15, -0.1) is 23.2 Å². The smallest absolute Gasteiger partial charge is 0.105 e. The highest BCUT2D eigenvalue weighted by atomic mass is 35.5. The molecule has 2 N–H and O–H groups in total. The van der Waals surface area contributed by atoms with E-state index >= 15 is 0 Å². The van der Waals surface area contributed by atoms with Crippen molar-refractivity contribution >= 4 is 23.2 Å². The lowest BCUT2D eigenvalue weighted by atomic mass is 10.2. The first-order valence-electron chi connectivity index (χ1n) is 3.33. The highest BCUT2D eigenvalue weighted by Gasteiger charge is 2.56. The molecule has 0 aliphatic carbocycles. The standard InChI is InChI=1S/C6H12Cl2N2/c1-6(4-7)5(8)10(6)3-2-9/h5H,2-4,9H2,1H3/t5?,6-,10?/m0/s1. The Labute approximate surface area is 71.3 Å². The normalized spacial score (nSPS) is 45.6. The van der Waals surface area contributed by atoms with Gasteiger partial charge in [-0.25, -0.2) is 0 Å². The minimum atomic E-state index is 0.00246. The molecule has 60 valence electrons. The summed E-state index contributed by atoms with van der Waals surface area (Å²) in [6, 6.07) is 0. The lowest BCUT2D eigenvalue weighted by molar-refractivity contribution is 0.456. The van der Waals surface area contributed by atoms with E-state index in [0.29, 0.717) is 12.4 Å². The van der Waals surface area contributed by atoms with Gasteiger partial charge in [0.05, 0.1) is 5.54 Å². The van der Waals surface area contributed by atoms with Crippen LogP contribution in [0.15, 0.2) is 0 Å². The molecular formula is C6H12Cl2N2. The van der Waals surface area contributed by atoms with Crippen LogP contribution in [-0.4, -0.2) is 34.9 Å². The van der Waals surface area contributed by atoms with E-state index in [-0.39, 0.29) is 11.0 Å². The monoisotopic (exact) mass is 182 g/mol. The summed E-state index contributed by atoms with van der Waals surface area (Å²) in [5.41, 5.74) is 5.46. The minimum Gasteiger partial charge on any atom is -0.329 e. The van der Waals surface area contributed by atoms with Crippen molar-refractivity contribution in [1.29, 1.82) is 0 Å². The van der Waals surface area contributed by atoms with Crippen molar-refractivity contribution in [3.8, 4) is 0 Å². The van der Waals surface area contributed by atoms with Crippen molar-refractivity contribution in [2.45, 2.75) is 18.0 Å². The Morgan fingerprint density at radius 1 is 1.70 bits per heavy atom. The number of rotatable bonds is 3. The van der Waals surface area contributed by atoms with E-state index in [0.717, 1.165) is 6.54 Å².